The second-order valence-corrected chi connectivity index (χ2v) is 9.06. The van der Waals surface area contributed by atoms with Gasteiger partial charge in [-0.05, 0) is 50.5 Å². The molecule has 29 heavy (non-hydrogen) atoms. The van der Waals surface area contributed by atoms with Crippen LogP contribution in [0, 0.1) is 24.0 Å². The Bertz CT molecular complexity index is 1060. The van der Waals surface area contributed by atoms with Crippen molar-refractivity contribution in [3.05, 3.63) is 63.2 Å². The van der Waals surface area contributed by atoms with E-state index < -0.39 is 20.9 Å². The highest BCUT2D eigenvalue weighted by Crippen LogP contribution is 2.27. The molecule has 0 saturated carbocycles. The highest BCUT2D eigenvalue weighted by Gasteiger charge is 2.27. The van der Waals surface area contributed by atoms with Crippen LogP contribution < -0.4 is 5.32 Å². The molecule has 0 atom stereocenters. The molecule has 0 aromatic heterocycles. The predicted octanol–water partition coefficient (Wildman–Crippen LogP) is 3.64. The van der Waals surface area contributed by atoms with Crippen LogP contribution in [0.3, 0.4) is 0 Å². The van der Waals surface area contributed by atoms with E-state index in [1.807, 2.05) is 0 Å². The lowest BCUT2D eigenvalue weighted by atomic mass is 10.1. The van der Waals surface area contributed by atoms with Crippen LogP contribution in [-0.4, -0.2) is 36.6 Å². The van der Waals surface area contributed by atoms with Crippen molar-refractivity contribution in [2.75, 3.05) is 18.4 Å². The summed E-state index contributed by atoms with van der Waals surface area (Å²) < 4.78 is 27.5. The molecule has 8 nitrogen and oxygen atoms in total. The topological polar surface area (TPSA) is 110 Å². The first-order valence-corrected chi connectivity index (χ1v) is 10.8. The summed E-state index contributed by atoms with van der Waals surface area (Å²) in [5.74, 6) is -0.543. The zero-order chi connectivity index (χ0) is 21.2. The molecule has 0 radical (unpaired) electrons. The normalized spacial score (nSPS) is 15.1. The van der Waals surface area contributed by atoms with Gasteiger partial charge in [0.2, 0.25) is 10.0 Å². The molecule has 2 aromatic rings. The number of carbonyl (C=O) groups excluding carboxylic acids is 1. The van der Waals surface area contributed by atoms with E-state index in [0.29, 0.717) is 29.9 Å². The Labute approximate surface area is 169 Å². The first-order chi connectivity index (χ1) is 13.7. The van der Waals surface area contributed by atoms with Crippen LogP contribution in [0.2, 0.25) is 0 Å². The summed E-state index contributed by atoms with van der Waals surface area (Å²) in [7, 11) is -3.65. The summed E-state index contributed by atoms with van der Waals surface area (Å²) >= 11 is 0. The highest BCUT2D eigenvalue weighted by atomic mass is 32.2. The van der Waals surface area contributed by atoms with Gasteiger partial charge in [-0.15, -0.1) is 0 Å². The van der Waals surface area contributed by atoms with Crippen molar-refractivity contribution in [1.29, 1.82) is 0 Å². The van der Waals surface area contributed by atoms with Gasteiger partial charge in [-0.2, -0.15) is 4.31 Å². The molecule has 1 fully saturated rings. The average molecular weight is 417 g/mol. The molecule has 0 unspecified atom stereocenters. The average Bonchev–Trinajstić information content (AvgIpc) is 2.70. The van der Waals surface area contributed by atoms with Gasteiger partial charge in [0.05, 0.1) is 9.82 Å². The lowest BCUT2D eigenvalue weighted by molar-refractivity contribution is -0.385. The molecule has 1 aliphatic heterocycles. The third kappa shape index (κ3) is 4.46. The fraction of sp³-hybridized carbons (Fsp3) is 0.350. The van der Waals surface area contributed by atoms with Gasteiger partial charge in [0, 0.05) is 36.0 Å². The van der Waals surface area contributed by atoms with Crippen molar-refractivity contribution in [2.45, 2.75) is 38.0 Å². The van der Waals surface area contributed by atoms with Gasteiger partial charge < -0.3 is 5.32 Å². The molecule has 2 aromatic carbocycles. The van der Waals surface area contributed by atoms with Gasteiger partial charge in [-0.25, -0.2) is 8.42 Å². The third-order valence-corrected chi connectivity index (χ3v) is 7.09. The minimum absolute atomic E-state index is 0.128. The minimum Gasteiger partial charge on any atom is -0.322 e. The first-order valence-electron chi connectivity index (χ1n) is 9.37. The molecule has 154 valence electrons. The van der Waals surface area contributed by atoms with E-state index in [1.54, 1.807) is 26.0 Å². The number of hydrogen-bond donors (Lipinski definition) is 1. The van der Waals surface area contributed by atoms with E-state index in [4.69, 9.17) is 0 Å². The zero-order valence-electron chi connectivity index (χ0n) is 16.3. The van der Waals surface area contributed by atoms with Gasteiger partial charge in [-0.1, -0.05) is 18.6 Å². The number of nitro benzene ring substituents is 1. The number of rotatable bonds is 5. The van der Waals surface area contributed by atoms with Crippen LogP contribution in [0.5, 0.6) is 0 Å². The summed E-state index contributed by atoms with van der Waals surface area (Å²) in [6.07, 6.45) is 2.69. The van der Waals surface area contributed by atoms with Crippen LogP contribution in [0.25, 0.3) is 0 Å². The molecule has 0 spiro atoms. The number of nitrogens with zero attached hydrogens (tertiary/aromatic N) is 2. The predicted molar refractivity (Wildman–Crippen MR) is 110 cm³/mol. The number of nitro groups is 1. The van der Waals surface area contributed by atoms with Crippen molar-refractivity contribution >= 4 is 27.3 Å². The first kappa shape index (κ1) is 20.9. The van der Waals surface area contributed by atoms with E-state index in [9.17, 15) is 23.3 Å². The number of carbonyl (C=O) groups is 1. The Kier molecular flexibility index (Phi) is 5.99. The number of piperidine rings is 1. The number of anilines is 1. The maximum Gasteiger partial charge on any atom is 0.273 e. The van der Waals surface area contributed by atoms with Gasteiger partial charge in [0.1, 0.15) is 0 Å². The zero-order valence-corrected chi connectivity index (χ0v) is 17.2. The van der Waals surface area contributed by atoms with Crippen molar-refractivity contribution in [3.8, 4) is 0 Å². The molecule has 3 rings (SSSR count). The summed E-state index contributed by atoms with van der Waals surface area (Å²) in [6.45, 7) is 4.29. The highest BCUT2D eigenvalue weighted by molar-refractivity contribution is 7.89. The summed E-state index contributed by atoms with van der Waals surface area (Å²) in [4.78, 5) is 23.3. The van der Waals surface area contributed by atoms with Crippen LogP contribution >= 0.6 is 0 Å². The van der Waals surface area contributed by atoms with Crippen molar-refractivity contribution in [3.63, 3.8) is 0 Å². The molecule has 1 heterocycles. The third-order valence-electron chi connectivity index (χ3n) is 5.05. The molecule has 0 bridgehead atoms. The Balaban J connectivity index is 1.87. The Hall–Kier alpha value is -2.78. The minimum atomic E-state index is -3.65. The number of benzene rings is 2. The molecular weight excluding hydrogens is 394 g/mol. The standard InChI is InChI=1S/C20H23N3O5S/c1-14-6-8-16(12-18(14)23(25)26)20(24)21-17-9-7-15(2)19(13-17)29(27,28)22-10-4-3-5-11-22/h6-9,12-13H,3-5,10-11H2,1-2H3,(H,21,24). The number of hydrogen-bond acceptors (Lipinski definition) is 5. The summed E-state index contributed by atoms with van der Waals surface area (Å²) in [5, 5.41) is 13.7. The van der Waals surface area contributed by atoms with Gasteiger partial charge >= 0.3 is 0 Å². The molecule has 9 heteroatoms. The van der Waals surface area contributed by atoms with E-state index in [1.165, 1.54) is 28.6 Å². The van der Waals surface area contributed by atoms with Crippen molar-refractivity contribution < 1.29 is 18.1 Å². The van der Waals surface area contributed by atoms with Crippen molar-refractivity contribution in [1.82, 2.24) is 4.31 Å². The molecular formula is C20H23N3O5S. The van der Waals surface area contributed by atoms with Gasteiger partial charge in [0.15, 0.2) is 0 Å². The van der Waals surface area contributed by atoms with E-state index in [-0.39, 0.29) is 16.1 Å². The van der Waals surface area contributed by atoms with E-state index in [2.05, 4.69) is 5.32 Å². The summed E-state index contributed by atoms with van der Waals surface area (Å²) in [6, 6.07) is 8.92. The Morgan fingerprint density at radius 1 is 1.03 bits per heavy atom. The molecule has 1 N–H and O–H groups in total. The molecule has 1 amide bonds. The number of aryl methyl sites for hydroxylation is 2. The quantitative estimate of drug-likeness (QED) is 0.590. The Morgan fingerprint density at radius 3 is 2.34 bits per heavy atom. The fourth-order valence-electron chi connectivity index (χ4n) is 3.35. The smallest absolute Gasteiger partial charge is 0.273 e. The maximum absolute atomic E-state index is 13.0. The molecule has 1 aliphatic rings. The second-order valence-electron chi connectivity index (χ2n) is 7.16. The largest absolute Gasteiger partial charge is 0.322 e. The SMILES string of the molecule is Cc1ccc(C(=O)Nc2ccc(C)c(S(=O)(=O)N3CCCCC3)c2)cc1[N+](=O)[O-]. The van der Waals surface area contributed by atoms with E-state index >= 15 is 0 Å². The monoisotopic (exact) mass is 417 g/mol. The molecule has 0 aliphatic carbocycles. The van der Waals surface area contributed by atoms with Gasteiger partial charge in [0.25, 0.3) is 11.6 Å². The lowest BCUT2D eigenvalue weighted by Crippen LogP contribution is -2.36. The summed E-state index contributed by atoms with van der Waals surface area (Å²) in [5.41, 5.74) is 1.36. The van der Waals surface area contributed by atoms with Gasteiger partial charge in [-0.3, -0.25) is 14.9 Å². The fourth-order valence-corrected chi connectivity index (χ4v) is 5.12. The second kappa shape index (κ2) is 8.30. The number of amides is 1. The van der Waals surface area contributed by atoms with Crippen LogP contribution in [0.1, 0.15) is 40.7 Å². The van der Waals surface area contributed by atoms with E-state index in [0.717, 1.165) is 19.3 Å². The van der Waals surface area contributed by atoms with Crippen LogP contribution in [0.4, 0.5) is 11.4 Å². The van der Waals surface area contributed by atoms with Crippen molar-refractivity contribution in [2.24, 2.45) is 0 Å². The van der Waals surface area contributed by atoms with Crippen LogP contribution in [0.15, 0.2) is 41.3 Å². The van der Waals surface area contributed by atoms with Crippen LogP contribution in [-0.2, 0) is 10.0 Å². The Morgan fingerprint density at radius 2 is 1.69 bits per heavy atom. The maximum atomic E-state index is 13.0. The lowest BCUT2D eigenvalue weighted by Gasteiger charge is -2.26. The number of nitrogens with one attached hydrogen (secondary N) is 1. The number of sulfonamides is 1. The molecule has 1 saturated heterocycles.